The molecule has 6 nitrogen and oxygen atoms in total. The van der Waals surface area contributed by atoms with E-state index in [1.54, 1.807) is 11.1 Å². The van der Waals surface area contributed by atoms with Crippen LogP contribution in [0.15, 0.2) is 18.3 Å². The molecule has 1 saturated heterocycles. The summed E-state index contributed by atoms with van der Waals surface area (Å²) < 4.78 is 5.39. The molecule has 0 N–H and O–H groups in total. The number of amides is 1. The Morgan fingerprint density at radius 2 is 1.83 bits per heavy atom. The van der Waals surface area contributed by atoms with Crippen LogP contribution in [0.2, 0.25) is 0 Å². The normalized spacial score (nSPS) is 15.5. The van der Waals surface area contributed by atoms with E-state index in [4.69, 9.17) is 4.74 Å². The first kappa shape index (κ1) is 17.2. The highest BCUT2D eigenvalue weighted by Crippen LogP contribution is 2.16. The lowest BCUT2D eigenvalue weighted by atomic mass is 10.1. The van der Waals surface area contributed by atoms with E-state index in [0.29, 0.717) is 38.2 Å². The molecule has 0 saturated carbocycles. The number of pyridine rings is 1. The molecule has 126 valence electrons. The Hall–Kier alpha value is -2.11. The molecule has 0 bridgehead atoms. The van der Waals surface area contributed by atoms with Gasteiger partial charge in [0.1, 0.15) is 11.4 Å². The maximum absolute atomic E-state index is 12.0. The Morgan fingerprint density at radius 1 is 1.17 bits per heavy atom. The summed E-state index contributed by atoms with van der Waals surface area (Å²) in [4.78, 5) is 31.9. The van der Waals surface area contributed by atoms with Gasteiger partial charge in [-0.3, -0.25) is 4.79 Å². The van der Waals surface area contributed by atoms with E-state index in [-0.39, 0.29) is 11.9 Å². The van der Waals surface area contributed by atoms with Gasteiger partial charge < -0.3 is 14.5 Å². The summed E-state index contributed by atoms with van der Waals surface area (Å²) >= 11 is 0. The van der Waals surface area contributed by atoms with E-state index >= 15 is 0 Å². The molecule has 6 heteroatoms. The van der Waals surface area contributed by atoms with Gasteiger partial charge in [0.05, 0.1) is 0 Å². The Kier molecular flexibility index (Phi) is 5.23. The summed E-state index contributed by atoms with van der Waals surface area (Å²) in [6.07, 6.45) is 1.84. The average molecular weight is 319 g/mol. The van der Waals surface area contributed by atoms with Crippen LogP contribution < -0.4 is 4.90 Å². The van der Waals surface area contributed by atoms with Gasteiger partial charge in [-0.25, -0.2) is 9.78 Å². The predicted octanol–water partition coefficient (Wildman–Crippen LogP) is 2.73. The van der Waals surface area contributed by atoms with Crippen LogP contribution in [0.5, 0.6) is 0 Å². The molecule has 0 aromatic carbocycles. The highest BCUT2D eigenvalue weighted by atomic mass is 16.6. The Balaban J connectivity index is 1.91. The summed E-state index contributed by atoms with van der Waals surface area (Å²) in [5, 5.41) is 0. The van der Waals surface area contributed by atoms with Gasteiger partial charge in [-0.05, 0) is 32.9 Å². The summed E-state index contributed by atoms with van der Waals surface area (Å²) in [7, 11) is 0. The zero-order chi connectivity index (χ0) is 17.0. The van der Waals surface area contributed by atoms with Crippen LogP contribution in [0.25, 0.3) is 0 Å². The molecule has 0 unspecified atom stereocenters. The monoisotopic (exact) mass is 319 g/mol. The van der Waals surface area contributed by atoms with Crippen molar-refractivity contribution in [2.45, 2.75) is 39.7 Å². The van der Waals surface area contributed by atoms with E-state index in [2.05, 4.69) is 9.88 Å². The zero-order valence-electron chi connectivity index (χ0n) is 14.3. The molecule has 0 atom stereocenters. The lowest BCUT2D eigenvalue weighted by molar-refractivity contribution is 0.0240. The molecule has 0 spiro atoms. The third-order valence-electron chi connectivity index (χ3n) is 3.65. The fourth-order valence-corrected chi connectivity index (χ4v) is 2.39. The lowest BCUT2D eigenvalue weighted by Crippen LogP contribution is -2.50. The van der Waals surface area contributed by atoms with Crippen molar-refractivity contribution in [2.24, 2.45) is 0 Å². The van der Waals surface area contributed by atoms with Crippen LogP contribution in [0.3, 0.4) is 0 Å². The highest BCUT2D eigenvalue weighted by molar-refractivity contribution is 5.95. The number of aromatic nitrogens is 1. The quantitative estimate of drug-likeness (QED) is 0.802. The third-order valence-corrected chi connectivity index (χ3v) is 3.65. The number of ketones is 1. The number of carbonyl (C=O) groups excluding carboxylic acids is 2. The van der Waals surface area contributed by atoms with Gasteiger partial charge in [-0.15, -0.1) is 0 Å². The van der Waals surface area contributed by atoms with E-state index in [0.717, 1.165) is 5.82 Å². The Labute approximate surface area is 137 Å². The van der Waals surface area contributed by atoms with Gasteiger partial charge in [0.15, 0.2) is 5.78 Å². The van der Waals surface area contributed by atoms with Crippen LogP contribution in [0.1, 0.15) is 44.5 Å². The Morgan fingerprint density at radius 3 is 2.30 bits per heavy atom. The van der Waals surface area contributed by atoms with Gasteiger partial charge in [0, 0.05) is 44.4 Å². The number of piperazine rings is 1. The standard InChI is InChI=1S/C17H25N3O3/c1-5-14(21)13-6-7-15(18-12-13)19-8-10-20(11-9-19)16(22)23-17(2,3)4/h6-7,12H,5,8-11H2,1-4H3. The number of carbonyl (C=O) groups is 2. The van der Waals surface area contributed by atoms with Crippen LogP contribution in [0.4, 0.5) is 10.6 Å². The molecule has 0 aliphatic carbocycles. The number of ether oxygens (including phenoxy) is 1. The first-order valence-electron chi connectivity index (χ1n) is 8.02. The van der Waals surface area contributed by atoms with Crippen molar-refractivity contribution in [3.05, 3.63) is 23.9 Å². The number of anilines is 1. The predicted molar refractivity (Wildman–Crippen MR) is 88.9 cm³/mol. The molecule has 23 heavy (non-hydrogen) atoms. The maximum atomic E-state index is 12.0. The highest BCUT2D eigenvalue weighted by Gasteiger charge is 2.26. The van der Waals surface area contributed by atoms with E-state index in [1.165, 1.54) is 0 Å². The number of nitrogens with zero attached hydrogens (tertiary/aromatic N) is 3. The summed E-state index contributed by atoms with van der Waals surface area (Å²) in [5.41, 5.74) is 0.167. The molecule has 2 rings (SSSR count). The molecular weight excluding hydrogens is 294 g/mol. The largest absolute Gasteiger partial charge is 0.444 e. The van der Waals surface area contributed by atoms with Crippen molar-refractivity contribution in [3.8, 4) is 0 Å². The van der Waals surface area contributed by atoms with Gasteiger partial charge in [-0.1, -0.05) is 6.92 Å². The second kappa shape index (κ2) is 6.98. The second-order valence-electron chi connectivity index (χ2n) is 6.64. The van der Waals surface area contributed by atoms with E-state index in [9.17, 15) is 9.59 Å². The van der Waals surface area contributed by atoms with Crippen molar-refractivity contribution in [3.63, 3.8) is 0 Å². The molecule has 1 fully saturated rings. The molecule has 0 radical (unpaired) electrons. The van der Waals surface area contributed by atoms with Crippen molar-refractivity contribution in [2.75, 3.05) is 31.1 Å². The SMILES string of the molecule is CCC(=O)c1ccc(N2CCN(C(=O)OC(C)(C)C)CC2)nc1. The molecule has 1 aliphatic rings. The van der Waals surface area contributed by atoms with E-state index < -0.39 is 5.60 Å². The minimum Gasteiger partial charge on any atom is -0.444 e. The lowest BCUT2D eigenvalue weighted by Gasteiger charge is -2.36. The van der Waals surface area contributed by atoms with E-state index in [1.807, 2.05) is 39.8 Å². The molecule has 1 aromatic heterocycles. The van der Waals surface area contributed by atoms with Crippen LogP contribution in [-0.2, 0) is 4.74 Å². The van der Waals surface area contributed by atoms with Crippen LogP contribution in [-0.4, -0.2) is 53.5 Å². The minimum atomic E-state index is -0.475. The maximum Gasteiger partial charge on any atom is 0.410 e. The van der Waals surface area contributed by atoms with Crippen LogP contribution >= 0.6 is 0 Å². The van der Waals surface area contributed by atoms with Gasteiger partial charge in [0.2, 0.25) is 0 Å². The van der Waals surface area contributed by atoms with Crippen molar-refractivity contribution < 1.29 is 14.3 Å². The number of Topliss-reactive ketones (excluding diaryl/α,β-unsaturated/α-hetero) is 1. The number of rotatable bonds is 3. The van der Waals surface area contributed by atoms with Crippen LogP contribution in [0, 0.1) is 0 Å². The molecule has 1 amide bonds. The number of hydrogen-bond donors (Lipinski definition) is 0. The van der Waals surface area contributed by atoms with Crippen molar-refractivity contribution >= 4 is 17.7 Å². The Bertz CT molecular complexity index is 555. The topological polar surface area (TPSA) is 62.7 Å². The molecule has 1 aromatic rings. The van der Waals surface area contributed by atoms with Gasteiger partial charge in [-0.2, -0.15) is 0 Å². The summed E-state index contributed by atoms with van der Waals surface area (Å²) in [6, 6.07) is 3.68. The summed E-state index contributed by atoms with van der Waals surface area (Å²) in [5.74, 6) is 0.931. The van der Waals surface area contributed by atoms with Gasteiger partial charge >= 0.3 is 6.09 Å². The summed E-state index contributed by atoms with van der Waals surface area (Å²) in [6.45, 7) is 10.0. The number of hydrogen-bond acceptors (Lipinski definition) is 5. The molecule has 1 aliphatic heterocycles. The van der Waals surface area contributed by atoms with Crippen molar-refractivity contribution in [1.29, 1.82) is 0 Å². The molecular formula is C17H25N3O3. The average Bonchev–Trinajstić information content (AvgIpc) is 2.53. The van der Waals surface area contributed by atoms with Gasteiger partial charge in [0.25, 0.3) is 0 Å². The first-order valence-corrected chi connectivity index (χ1v) is 8.02. The smallest absolute Gasteiger partial charge is 0.410 e. The fourth-order valence-electron chi connectivity index (χ4n) is 2.39. The van der Waals surface area contributed by atoms with Crippen molar-refractivity contribution in [1.82, 2.24) is 9.88 Å². The first-order chi connectivity index (χ1) is 10.8. The minimum absolute atomic E-state index is 0.0961. The third kappa shape index (κ3) is 4.68. The second-order valence-corrected chi connectivity index (χ2v) is 6.64. The zero-order valence-corrected chi connectivity index (χ0v) is 14.3. The molecule has 2 heterocycles. The fraction of sp³-hybridized carbons (Fsp3) is 0.588.